The van der Waals surface area contributed by atoms with Crippen LogP contribution in [0.15, 0.2) is 18.2 Å². The molecular weight excluding hydrogens is 198 g/mol. The molecule has 1 rings (SSSR count). The van der Waals surface area contributed by atoms with Crippen molar-refractivity contribution in [1.29, 1.82) is 0 Å². The number of carbonyl (C=O) groups is 1. The summed E-state index contributed by atoms with van der Waals surface area (Å²) < 4.78 is 0. The van der Waals surface area contributed by atoms with Crippen molar-refractivity contribution < 1.29 is 4.79 Å². The molecule has 88 valence electrons. The van der Waals surface area contributed by atoms with E-state index in [1.807, 2.05) is 19.1 Å². The second-order valence-electron chi connectivity index (χ2n) is 4.15. The third-order valence-corrected chi connectivity index (χ3v) is 2.66. The highest BCUT2D eigenvalue weighted by Gasteiger charge is 2.07. The number of benzene rings is 1. The number of nitrogens with one attached hydrogen (secondary N) is 1. The van der Waals surface area contributed by atoms with Gasteiger partial charge < -0.3 is 5.32 Å². The van der Waals surface area contributed by atoms with E-state index in [0.717, 1.165) is 24.9 Å². The van der Waals surface area contributed by atoms with Gasteiger partial charge in [0.05, 0.1) is 0 Å². The first kappa shape index (κ1) is 12.8. The van der Waals surface area contributed by atoms with Crippen molar-refractivity contribution in [1.82, 2.24) is 0 Å². The summed E-state index contributed by atoms with van der Waals surface area (Å²) in [6.07, 6.45) is 3.61. The number of aryl methyl sites for hydroxylation is 1. The van der Waals surface area contributed by atoms with Gasteiger partial charge in [0.15, 0.2) is 0 Å². The maximum Gasteiger partial charge on any atom is 0.224 e. The van der Waals surface area contributed by atoms with Crippen LogP contribution in [0.5, 0.6) is 0 Å². The third kappa shape index (κ3) is 3.37. The molecule has 0 aliphatic heterocycles. The molecule has 0 saturated heterocycles. The van der Waals surface area contributed by atoms with Gasteiger partial charge >= 0.3 is 0 Å². The molecule has 1 aromatic rings. The molecule has 0 fully saturated rings. The van der Waals surface area contributed by atoms with E-state index in [9.17, 15) is 4.79 Å². The van der Waals surface area contributed by atoms with Crippen LogP contribution in [0.25, 0.3) is 0 Å². The SMILES string of the molecule is CCCC(=O)Nc1cccc(C)c1CCC. The molecule has 1 aromatic carbocycles. The van der Waals surface area contributed by atoms with Gasteiger partial charge in [0.1, 0.15) is 0 Å². The lowest BCUT2D eigenvalue weighted by atomic mass is 10.0. The minimum absolute atomic E-state index is 0.116. The molecule has 0 unspecified atom stereocenters. The van der Waals surface area contributed by atoms with E-state index < -0.39 is 0 Å². The molecule has 0 saturated carbocycles. The molecule has 0 radical (unpaired) electrons. The van der Waals surface area contributed by atoms with Crippen LogP contribution >= 0.6 is 0 Å². The van der Waals surface area contributed by atoms with E-state index in [1.165, 1.54) is 11.1 Å². The van der Waals surface area contributed by atoms with Gasteiger partial charge in [-0.1, -0.05) is 32.4 Å². The molecule has 1 N–H and O–H groups in total. The summed E-state index contributed by atoms with van der Waals surface area (Å²) in [5, 5.41) is 3.00. The largest absolute Gasteiger partial charge is 0.326 e. The molecule has 1 amide bonds. The number of carbonyl (C=O) groups excluding carboxylic acids is 1. The number of hydrogen-bond donors (Lipinski definition) is 1. The first-order valence-corrected chi connectivity index (χ1v) is 6.07. The first-order valence-electron chi connectivity index (χ1n) is 6.07. The Bertz CT molecular complexity index is 358. The quantitative estimate of drug-likeness (QED) is 0.804. The topological polar surface area (TPSA) is 29.1 Å². The predicted octanol–water partition coefficient (Wildman–Crippen LogP) is 3.69. The molecule has 0 heterocycles. The second kappa shape index (κ2) is 6.31. The van der Waals surface area contributed by atoms with Crippen LogP contribution in [0.1, 0.15) is 44.2 Å². The van der Waals surface area contributed by atoms with Crippen LogP contribution < -0.4 is 5.32 Å². The lowest BCUT2D eigenvalue weighted by Gasteiger charge is -2.12. The maximum atomic E-state index is 11.6. The summed E-state index contributed by atoms with van der Waals surface area (Å²) in [6, 6.07) is 6.09. The van der Waals surface area contributed by atoms with Crippen LogP contribution in [0.3, 0.4) is 0 Å². The molecule has 0 aliphatic carbocycles. The van der Waals surface area contributed by atoms with Gasteiger partial charge in [-0.3, -0.25) is 4.79 Å². The number of hydrogen-bond acceptors (Lipinski definition) is 1. The average molecular weight is 219 g/mol. The van der Waals surface area contributed by atoms with Crippen LogP contribution in [0, 0.1) is 6.92 Å². The van der Waals surface area contributed by atoms with Crippen molar-refractivity contribution in [3.05, 3.63) is 29.3 Å². The summed E-state index contributed by atoms with van der Waals surface area (Å²) >= 11 is 0. The van der Waals surface area contributed by atoms with Gasteiger partial charge in [-0.05, 0) is 37.0 Å². The fourth-order valence-corrected chi connectivity index (χ4v) is 1.84. The second-order valence-corrected chi connectivity index (χ2v) is 4.15. The van der Waals surface area contributed by atoms with E-state index in [1.54, 1.807) is 0 Å². The monoisotopic (exact) mass is 219 g/mol. The molecule has 0 aromatic heterocycles. The Labute approximate surface area is 98.1 Å². The first-order chi connectivity index (χ1) is 7.69. The molecule has 0 spiro atoms. The molecule has 16 heavy (non-hydrogen) atoms. The Kier molecular flexibility index (Phi) is 5.03. The zero-order valence-corrected chi connectivity index (χ0v) is 10.5. The standard InChI is InChI=1S/C14H21NO/c1-4-7-12-11(3)9-6-10-13(12)15-14(16)8-5-2/h6,9-10H,4-5,7-8H2,1-3H3,(H,15,16). The van der Waals surface area contributed by atoms with Crippen molar-refractivity contribution in [3.63, 3.8) is 0 Å². The lowest BCUT2D eigenvalue weighted by Crippen LogP contribution is -2.12. The highest BCUT2D eigenvalue weighted by molar-refractivity contribution is 5.91. The Balaban J connectivity index is 2.85. The predicted molar refractivity (Wildman–Crippen MR) is 68.7 cm³/mol. The Morgan fingerprint density at radius 3 is 2.62 bits per heavy atom. The van der Waals surface area contributed by atoms with E-state index in [4.69, 9.17) is 0 Å². The molecule has 0 aliphatic rings. The highest BCUT2D eigenvalue weighted by atomic mass is 16.1. The van der Waals surface area contributed by atoms with Gasteiger partial charge in [-0.2, -0.15) is 0 Å². The molecule has 2 heteroatoms. The average Bonchev–Trinajstić information content (AvgIpc) is 2.23. The summed E-state index contributed by atoms with van der Waals surface area (Å²) in [5.41, 5.74) is 3.52. The number of rotatable bonds is 5. The fraction of sp³-hybridized carbons (Fsp3) is 0.500. The molecule has 0 bridgehead atoms. The zero-order chi connectivity index (χ0) is 12.0. The normalized spacial score (nSPS) is 10.2. The van der Waals surface area contributed by atoms with Crippen molar-refractivity contribution >= 4 is 11.6 Å². The Hall–Kier alpha value is -1.31. The van der Waals surface area contributed by atoms with Crippen LogP contribution in [-0.2, 0) is 11.2 Å². The van der Waals surface area contributed by atoms with E-state index >= 15 is 0 Å². The summed E-state index contributed by atoms with van der Waals surface area (Å²) in [4.78, 5) is 11.6. The minimum atomic E-state index is 0.116. The van der Waals surface area contributed by atoms with Crippen molar-refractivity contribution in [3.8, 4) is 0 Å². The van der Waals surface area contributed by atoms with Gasteiger partial charge in [0.25, 0.3) is 0 Å². The van der Waals surface area contributed by atoms with Gasteiger partial charge in [-0.25, -0.2) is 0 Å². The van der Waals surface area contributed by atoms with Crippen molar-refractivity contribution in [2.75, 3.05) is 5.32 Å². The smallest absolute Gasteiger partial charge is 0.224 e. The van der Waals surface area contributed by atoms with E-state index in [-0.39, 0.29) is 5.91 Å². The van der Waals surface area contributed by atoms with Crippen LogP contribution in [0.4, 0.5) is 5.69 Å². The summed E-state index contributed by atoms with van der Waals surface area (Å²) in [7, 11) is 0. The summed E-state index contributed by atoms with van der Waals surface area (Å²) in [6.45, 7) is 6.27. The Morgan fingerprint density at radius 2 is 2.00 bits per heavy atom. The zero-order valence-electron chi connectivity index (χ0n) is 10.5. The van der Waals surface area contributed by atoms with Crippen LogP contribution in [-0.4, -0.2) is 5.91 Å². The summed E-state index contributed by atoms with van der Waals surface area (Å²) in [5.74, 6) is 0.116. The van der Waals surface area contributed by atoms with Crippen molar-refractivity contribution in [2.45, 2.75) is 46.5 Å². The van der Waals surface area contributed by atoms with Gasteiger partial charge in [0.2, 0.25) is 5.91 Å². The van der Waals surface area contributed by atoms with E-state index in [2.05, 4.69) is 25.2 Å². The maximum absolute atomic E-state index is 11.6. The molecular formula is C14H21NO. The van der Waals surface area contributed by atoms with Gasteiger partial charge in [0, 0.05) is 12.1 Å². The fourth-order valence-electron chi connectivity index (χ4n) is 1.84. The van der Waals surface area contributed by atoms with Crippen molar-refractivity contribution in [2.24, 2.45) is 0 Å². The number of anilines is 1. The minimum Gasteiger partial charge on any atom is -0.326 e. The lowest BCUT2D eigenvalue weighted by molar-refractivity contribution is -0.116. The highest BCUT2D eigenvalue weighted by Crippen LogP contribution is 2.21. The Morgan fingerprint density at radius 1 is 1.25 bits per heavy atom. The molecule has 0 atom stereocenters. The van der Waals surface area contributed by atoms with E-state index in [0.29, 0.717) is 6.42 Å². The van der Waals surface area contributed by atoms with Crippen LogP contribution in [0.2, 0.25) is 0 Å². The third-order valence-electron chi connectivity index (χ3n) is 2.66. The number of amides is 1. The molecule has 2 nitrogen and oxygen atoms in total. The van der Waals surface area contributed by atoms with Gasteiger partial charge in [-0.15, -0.1) is 0 Å².